The number of nitrogens with one attached hydrogen (secondary N) is 2. The van der Waals surface area contributed by atoms with Gasteiger partial charge in [0.1, 0.15) is 0 Å². The lowest BCUT2D eigenvalue weighted by atomic mass is 10.1. The molecule has 2 N–H and O–H groups in total. The number of aryl methyl sites for hydroxylation is 1. The van der Waals surface area contributed by atoms with Gasteiger partial charge in [0.05, 0.1) is 6.04 Å². The van der Waals surface area contributed by atoms with E-state index in [0.29, 0.717) is 5.95 Å². The molecule has 2 aromatic rings. The number of aromatic amines is 1. The van der Waals surface area contributed by atoms with Crippen LogP contribution in [0, 0.1) is 0 Å². The van der Waals surface area contributed by atoms with Crippen LogP contribution in [0.3, 0.4) is 0 Å². The van der Waals surface area contributed by atoms with Crippen molar-refractivity contribution in [3.05, 3.63) is 58.0 Å². The largest absolute Gasteiger partial charge is 0.349 e. The van der Waals surface area contributed by atoms with Gasteiger partial charge in [-0.05, 0) is 18.9 Å². The maximum Gasteiger partial charge on any atom is 0.252 e. The Morgan fingerprint density at radius 3 is 2.74 bits per heavy atom. The lowest BCUT2D eigenvalue weighted by Crippen LogP contribution is -2.16. The second-order valence-electron chi connectivity index (χ2n) is 4.61. The van der Waals surface area contributed by atoms with Gasteiger partial charge in [-0.3, -0.25) is 9.78 Å². The number of nitrogens with zero attached hydrogens (tertiary/aromatic N) is 1. The summed E-state index contributed by atoms with van der Waals surface area (Å²) in [7, 11) is 0. The van der Waals surface area contributed by atoms with E-state index in [2.05, 4.69) is 22.2 Å². The van der Waals surface area contributed by atoms with Crippen molar-refractivity contribution in [3.63, 3.8) is 0 Å². The number of anilines is 1. The molecule has 4 nitrogen and oxygen atoms in total. The number of hydrogen-bond acceptors (Lipinski definition) is 3. The van der Waals surface area contributed by atoms with Crippen molar-refractivity contribution >= 4 is 5.95 Å². The molecule has 1 atom stereocenters. The summed E-state index contributed by atoms with van der Waals surface area (Å²) in [6.45, 7) is 4.12. The summed E-state index contributed by atoms with van der Waals surface area (Å²) in [5.74, 6) is 0.535. The minimum absolute atomic E-state index is 0.0984. The molecule has 0 saturated carbocycles. The molecule has 2 rings (SSSR count). The van der Waals surface area contributed by atoms with Crippen molar-refractivity contribution in [2.24, 2.45) is 0 Å². The van der Waals surface area contributed by atoms with Gasteiger partial charge in [-0.25, -0.2) is 4.98 Å². The fraction of sp³-hybridized carbons (Fsp3) is 0.333. The molecule has 1 aromatic heterocycles. The van der Waals surface area contributed by atoms with Gasteiger partial charge in [0.25, 0.3) is 5.56 Å². The first-order chi connectivity index (χ1) is 9.19. The fourth-order valence-electron chi connectivity index (χ4n) is 1.99. The van der Waals surface area contributed by atoms with Gasteiger partial charge >= 0.3 is 0 Å². The van der Waals surface area contributed by atoms with Crippen molar-refractivity contribution in [3.8, 4) is 0 Å². The van der Waals surface area contributed by atoms with Crippen molar-refractivity contribution in [1.82, 2.24) is 9.97 Å². The van der Waals surface area contributed by atoms with Crippen molar-refractivity contribution < 1.29 is 0 Å². The van der Waals surface area contributed by atoms with Crippen LogP contribution in [-0.2, 0) is 6.42 Å². The van der Waals surface area contributed by atoms with E-state index in [9.17, 15) is 4.79 Å². The number of benzene rings is 1. The highest BCUT2D eigenvalue weighted by Gasteiger charge is 2.07. The molecule has 0 fully saturated rings. The van der Waals surface area contributed by atoms with Crippen molar-refractivity contribution in [2.75, 3.05) is 5.32 Å². The number of aromatic nitrogens is 2. The molecule has 0 aliphatic carbocycles. The summed E-state index contributed by atoms with van der Waals surface area (Å²) in [5.41, 5.74) is 1.88. The monoisotopic (exact) mass is 257 g/mol. The first-order valence-corrected chi connectivity index (χ1v) is 6.60. The Balaban J connectivity index is 2.17. The van der Waals surface area contributed by atoms with Gasteiger partial charge in [-0.15, -0.1) is 0 Å². The van der Waals surface area contributed by atoms with Gasteiger partial charge in [-0.1, -0.05) is 43.7 Å². The second kappa shape index (κ2) is 6.18. The molecule has 0 saturated heterocycles. The molecule has 0 amide bonds. The van der Waals surface area contributed by atoms with Crippen molar-refractivity contribution in [2.45, 2.75) is 32.7 Å². The van der Waals surface area contributed by atoms with Gasteiger partial charge < -0.3 is 5.32 Å². The molecule has 1 unspecified atom stereocenters. The Labute approximate surface area is 112 Å². The number of hydrogen-bond donors (Lipinski definition) is 2. The van der Waals surface area contributed by atoms with E-state index < -0.39 is 0 Å². The molecule has 0 aliphatic rings. The number of H-pyrrole nitrogens is 1. The van der Waals surface area contributed by atoms with Crippen LogP contribution in [0.25, 0.3) is 0 Å². The lowest BCUT2D eigenvalue weighted by Gasteiger charge is -2.14. The van der Waals surface area contributed by atoms with E-state index in [4.69, 9.17) is 0 Å². The fourth-order valence-corrected chi connectivity index (χ4v) is 1.99. The summed E-state index contributed by atoms with van der Waals surface area (Å²) in [5, 5.41) is 3.23. The van der Waals surface area contributed by atoms with Crippen LogP contribution >= 0.6 is 0 Å². The molecular weight excluding hydrogens is 238 g/mol. The van der Waals surface area contributed by atoms with E-state index in [1.165, 1.54) is 0 Å². The molecule has 0 aliphatic heterocycles. The third-order valence-corrected chi connectivity index (χ3v) is 2.95. The first kappa shape index (κ1) is 13.3. The van der Waals surface area contributed by atoms with Crippen molar-refractivity contribution in [1.29, 1.82) is 0 Å². The van der Waals surface area contributed by atoms with E-state index >= 15 is 0 Å². The summed E-state index contributed by atoms with van der Waals surface area (Å²) in [6.07, 6.45) is 1.79. The highest BCUT2D eigenvalue weighted by atomic mass is 16.1. The van der Waals surface area contributed by atoms with Gasteiger partial charge in [-0.2, -0.15) is 0 Å². The maximum absolute atomic E-state index is 11.6. The minimum Gasteiger partial charge on any atom is -0.349 e. The molecule has 1 heterocycles. The lowest BCUT2D eigenvalue weighted by molar-refractivity contribution is 0.829. The van der Waals surface area contributed by atoms with Gasteiger partial charge in [0, 0.05) is 11.8 Å². The van der Waals surface area contributed by atoms with Gasteiger partial charge in [0.2, 0.25) is 5.95 Å². The average molecular weight is 257 g/mol. The Morgan fingerprint density at radius 2 is 2.05 bits per heavy atom. The third kappa shape index (κ3) is 3.68. The second-order valence-corrected chi connectivity index (χ2v) is 4.61. The first-order valence-electron chi connectivity index (χ1n) is 6.60. The molecule has 0 radical (unpaired) electrons. The van der Waals surface area contributed by atoms with E-state index in [1.54, 1.807) is 6.07 Å². The van der Waals surface area contributed by atoms with Crippen LogP contribution in [0.4, 0.5) is 5.95 Å². The summed E-state index contributed by atoms with van der Waals surface area (Å²) in [4.78, 5) is 18.7. The maximum atomic E-state index is 11.6. The highest BCUT2D eigenvalue weighted by Crippen LogP contribution is 2.15. The predicted octanol–water partition coefficient (Wildman–Crippen LogP) is 2.90. The Kier molecular flexibility index (Phi) is 4.34. The summed E-state index contributed by atoms with van der Waals surface area (Å²) < 4.78 is 0. The standard InChI is InChI=1S/C15H19N3O/c1-3-7-13-10-14(19)18-15(17-13)16-11(2)12-8-5-4-6-9-12/h4-6,8-11H,3,7H2,1-2H3,(H2,16,17,18,19). The molecular formula is C15H19N3O. The minimum atomic E-state index is -0.110. The van der Waals surface area contributed by atoms with E-state index in [1.807, 2.05) is 37.3 Å². The average Bonchev–Trinajstić information content (AvgIpc) is 2.39. The summed E-state index contributed by atoms with van der Waals surface area (Å²) >= 11 is 0. The zero-order valence-electron chi connectivity index (χ0n) is 11.3. The Bertz CT molecular complexity index is 577. The molecule has 100 valence electrons. The van der Waals surface area contributed by atoms with Crippen LogP contribution < -0.4 is 10.9 Å². The van der Waals surface area contributed by atoms with Crippen LogP contribution in [0.1, 0.15) is 37.6 Å². The quantitative estimate of drug-likeness (QED) is 0.866. The van der Waals surface area contributed by atoms with E-state index in [-0.39, 0.29) is 11.6 Å². The van der Waals surface area contributed by atoms with Crippen LogP contribution in [0.15, 0.2) is 41.2 Å². The molecule has 0 bridgehead atoms. The third-order valence-electron chi connectivity index (χ3n) is 2.95. The van der Waals surface area contributed by atoms with E-state index in [0.717, 1.165) is 24.1 Å². The zero-order valence-corrected chi connectivity index (χ0v) is 11.3. The highest BCUT2D eigenvalue weighted by molar-refractivity contribution is 5.31. The summed E-state index contributed by atoms with van der Waals surface area (Å²) in [6, 6.07) is 11.7. The normalized spacial score (nSPS) is 12.1. The Morgan fingerprint density at radius 1 is 1.32 bits per heavy atom. The molecule has 4 heteroatoms. The molecule has 0 spiro atoms. The predicted molar refractivity (Wildman–Crippen MR) is 77.3 cm³/mol. The zero-order chi connectivity index (χ0) is 13.7. The Hall–Kier alpha value is -2.10. The smallest absolute Gasteiger partial charge is 0.252 e. The van der Waals surface area contributed by atoms with Gasteiger partial charge in [0.15, 0.2) is 0 Å². The SMILES string of the molecule is CCCc1cc(=O)[nH]c(NC(C)c2ccccc2)n1. The van der Waals surface area contributed by atoms with Crippen LogP contribution in [0.2, 0.25) is 0 Å². The van der Waals surface area contributed by atoms with Crippen LogP contribution in [0.5, 0.6) is 0 Å². The molecule has 19 heavy (non-hydrogen) atoms. The molecule has 1 aromatic carbocycles. The van der Waals surface area contributed by atoms with Crippen LogP contribution in [-0.4, -0.2) is 9.97 Å². The topological polar surface area (TPSA) is 57.8 Å². The number of rotatable bonds is 5.